The maximum atomic E-state index is 12.0. The SMILES string of the molecule is C=C[C@](C)(O)CC[C@H]1C(=C)CC[C@@H]2[C@]1(C)CC[C@@H](O)[C@]2(C)C(=O)O. The van der Waals surface area contributed by atoms with Gasteiger partial charge in [0.15, 0.2) is 0 Å². The Morgan fingerprint density at radius 1 is 1.42 bits per heavy atom. The zero-order chi connectivity index (χ0) is 18.3. The Balaban J connectivity index is 2.34. The minimum atomic E-state index is -1.12. The van der Waals surface area contributed by atoms with Crippen molar-refractivity contribution in [2.75, 3.05) is 0 Å². The highest BCUT2D eigenvalue weighted by Gasteiger charge is 2.61. The van der Waals surface area contributed by atoms with Gasteiger partial charge in [-0.25, -0.2) is 0 Å². The normalized spacial score (nSPS) is 42.0. The number of aliphatic carboxylic acids is 1. The summed E-state index contributed by atoms with van der Waals surface area (Å²) < 4.78 is 0. The second-order valence-corrected chi connectivity index (χ2v) is 8.55. The number of carbonyl (C=O) groups is 1. The van der Waals surface area contributed by atoms with Crippen LogP contribution < -0.4 is 0 Å². The summed E-state index contributed by atoms with van der Waals surface area (Å²) in [4.78, 5) is 12.0. The molecule has 0 spiro atoms. The van der Waals surface area contributed by atoms with Crippen LogP contribution >= 0.6 is 0 Å². The molecule has 2 fully saturated rings. The zero-order valence-corrected chi connectivity index (χ0v) is 15.2. The molecule has 0 heterocycles. The van der Waals surface area contributed by atoms with Crippen LogP contribution in [0.25, 0.3) is 0 Å². The third-order valence-corrected chi connectivity index (χ3v) is 7.05. The van der Waals surface area contributed by atoms with Gasteiger partial charge >= 0.3 is 5.97 Å². The van der Waals surface area contributed by atoms with Crippen molar-refractivity contribution in [3.63, 3.8) is 0 Å². The molecule has 0 aromatic heterocycles. The number of allylic oxidation sites excluding steroid dienone is 1. The maximum absolute atomic E-state index is 12.0. The molecule has 4 nitrogen and oxygen atoms in total. The van der Waals surface area contributed by atoms with Crippen LogP contribution in [0.4, 0.5) is 0 Å². The quantitative estimate of drug-likeness (QED) is 0.671. The summed E-state index contributed by atoms with van der Waals surface area (Å²) in [7, 11) is 0. The van der Waals surface area contributed by atoms with Crippen molar-refractivity contribution in [3.8, 4) is 0 Å². The van der Waals surface area contributed by atoms with Crippen LogP contribution in [0.15, 0.2) is 24.8 Å². The van der Waals surface area contributed by atoms with Gasteiger partial charge in [-0.3, -0.25) is 4.79 Å². The molecular weight excluding hydrogens is 304 g/mol. The molecule has 2 aliphatic carbocycles. The van der Waals surface area contributed by atoms with Gasteiger partial charge < -0.3 is 15.3 Å². The van der Waals surface area contributed by atoms with Gasteiger partial charge in [-0.05, 0) is 69.6 Å². The first-order chi connectivity index (χ1) is 11.0. The first-order valence-corrected chi connectivity index (χ1v) is 8.94. The number of fused-ring (bicyclic) bond motifs is 1. The monoisotopic (exact) mass is 336 g/mol. The Kier molecular flexibility index (Phi) is 5.04. The fraction of sp³-hybridized carbons (Fsp3) is 0.750. The molecule has 3 N–H and O–H groups in total. The number of hydrogen-bond acceptors (Lipinski definition) is 3. The third-order valence-electron chi connectivity index (χ3n) is 7.05. The van der Waals surface area contributed by atoms with E-state index in [4.69, 9.17) is 0 Å². The molecule has 2 aliphatic rings. The number of hydrogen-bond donors (Lipinski definition) is 3. The summed E-state index contributed by atoms with van der Waals surface area (Å²) in [5.74, 6) is -0.834. The molecule has 0 aromatic rings. The lowest BCUT2D eigenvalue weighted by Gasteiger charge is -2.58. The minimum absolute atomic E-state index is 0.0876. The number of aliphatic hydroxyl groups excluding tert-OH is 1. The van der Waals surface area contributed by atoms with Gasteiger partial charge in [-0.2, -0.15) is 0 Å². The van der Waals surface area contributed by atoms with E-state index in [-0.39, 0.29) is 17.3 Å². The van der Waals surface area contributed by atoms with E-state index in [0.717, 1.165) is 31.3 Å². The second-order valence-electron chi connectivity index (χ2n) is 8.55. The standard InChI is InChI=1S/C20H32O4/c1-6-18(3,24)11-9-14-13(2)7-8-15-19(14,4)12-10-16(21)20(15,5)17(22)23/h6,14-16,21,24H,1-2,7-12H2,3-5H3,(H,22,23)/t14-,15+,16+,18-,19+,20+/m0/s1. The lowest BCUT2D eigenvalue weighted by molar-refractivity contribution is -0.183. The van der Waals surface area contributed by atoms with E-state index in [0.29, 0.717) is 12.8 Å². The lowest BCUT2D eigenvalue weighted by Crippen LogP contribution is -2.59. The van der Waals surface area contributed by atoms with Crippen LogP contribution in [0.2, 0.25) is 0 Å². The number of aliphatic hydroxyl groups is 2. The van der Waals surface area contributed by atoms with E-state index in [1.807, 2.05) is 0 Å². The van der Waals surface area contributed by atoms with Crippen molar-refractivity contribution in [1.82, 2.24) is 0 Å². The Bertz CT molecular complexity index is 538. The van der Waals surface area contributed by atoms with Crippen LogP contribution in [0, 0.1) is 22.7 Å². The van der Waals surface area contributed by atoms with E-state index in [1.165, 1.54) is 0 Å². The Hall–Kier alpha value is -1.13. The molecule has 0 saturated heterocycles. The van der Waals surface area contributed by atoms with E-state index in [2.05, 4.69) is 20.1 Å². The predicted molar refractivity (Wildman–Crippen MR) is 94.5 cm³/mol. The third kappa shape index (κ3) is 2.95. The van der Waals surface area contributed by atoms with Crippen LogP contribution in [-0.2, 0) is 4.79 Å². The molecule has 6 atom stereocenters. The highest BCUT2D eigenvalue weighted by atomic mass is 16.4. The van der Waals surface area contributed by atoms with Gasteiger partial charge in [0, 0.05) is 0 Å². The highest BCUT2D eigenvalue weighted by molar-refractivity contribution is 5.76. The first-order valence-electron chi connectivity index (χ1n) is 8.94. The average Bonchev–Trinajstić information content (AvgIpc) is 2.50. The van der Waals surface area contributed by atoms with E-state index in [1.54, 1.807) is 19.9 Å². The second kappa shape index (κ2) is 6.30. The molecule has 0 aromatic carbocycles. The molecule has 0 amide bonds. The summed E-state index contributed by atoms with van der Waals surface area (Å²) >= 11 is 0. The van der Waals surface area contributed by atoms with Gasteiger partial charge in [0.1, 0.15) is 0 Å². The summed E-state index contributed by atoms with van der Waals surface area (Å²) in [6.07, 6.45) is 4.92. The Morgan fingerprint density at radius 2 is 2.04 bits per heavy atom. The highest BCUT2D eigenvalue weighted by Crippen LogP contribution is 2.62. The van der Waals surface area contributed by atoms with Crippen molar-refractivity contribution in [2.24, 2.45) is 22.7 Å². The fourth-order valence-corrected chi connectivity index (χ4v) is 5.22. The summed E-state index contributed by atoms with van der Waals surface area (Å²) in [5, 5.41) is 30.6. The maximum Gasteiger partial charge on any atom is 0.312 e. The van der Waals surface area contributed by atoms with Gasteiger partial charge in [-0.15, -0.1) is 6.58 Å². The summed E-state index contributed by atoms with van der Waals surface area (Å²) in [5.41, 5.74) is -1.10. The molecule has 24 heavy (non-hydrogen) atoms. The van der Waals surface area contributed by atoms with Crippen LogP contribution in [0.5, 0.6) is 0 Å². The summed E-state index contributed by atoms with van der Waals surface area (Å²) in [6, 6.07) is 0. The van der Waals surface area contributed by atoms with Crippen molar-refractivity contribution < 1.29 is 20.1 Å². The topological polar surface area (TPSA) is 77.8 Å². The number of carboxylic acid groups (broad SMARTS) is 1. The van der Waals surface area contributed by atoms with Crippen LogP contribution in [0.3, 0.4) is 0 Å². The lowest BCUT2D eigenvalue weighted by atomic mass is 9.46. The minimum Gasteiger partial charge on any atom is -0.481 e. The molecule has 0 bridgehead atoms. The number of carboxylic acids is 1. The molecule has 0 aliphatic heterocycles. The van der Waals surface area contributed by atoms with Crippen molar-refractivity contribution in [2.45, 2.75) is 71.0 Å². The molecule has 4 heteroatoms. The smallest absolute Gasteiger partial charge is 0.312 e. The van der Waals surface area contributed by atoms with Gasteiger partial charge in [0.2, 0.25) is 0 Å². The fourth-order valence-electron chi connectivity index (χ4n) is 5.22. The van der Waals surface area contributed by atoms with Crippen molar-refractivity contribution in [3.05, 3.63) is 24.8 Å². The molecule has 2 rings (SSSR count). The number of rotatable bonds is 5. The zero-order valence-electron chi connectivity index (χ0n) is 15.2. The Labute approximate surface area is 145 Å². The van der Waals surface area contributed by atoms with E-state index in [9.17, 15) is 20.1 Å². The molecule has 0 radical (unpaired) electrons. The van der Waals surface area contributed by atoms with Gasteiger partial charge in [0.05, 0.1) is 17.1 Å². The van der Waals surface area contributed by atoms with Crippen LogP contribution in [0.1, 0.15) is 59.3 Å². The van der Waals surface area contributed by atoms with Crippen molar-refractivity contribution in [1.29, 1.82) is 0 Å². The van der Waals surface area contributed by atoms with Crippen LogP contribution in [-0.4, -0.2) is 33.0 Å². The first kappa shape index (κ1) is 19.2. The van der Waals surface area contributed by atoms with Gasteiger partial charge in [0.25, 0.3) is 0 Å². The molecule has 0 unspecified atom stereocenters. The van der Waals surface area contributed by atoms with E-state index >= 15 is 0 Å². The molecule has 136 valence electrons. The summed E-state index contributed by atoms with van der Waals surface area (Å²) in [6.45, 7) is 13.5. The van der Waals surface area contributed by atoms with Gasteiger partial charge in [-0.1, -0.05) is 25.2 Å². The van der Waals surface area contributed by atoms with Crippen molar-refractivity contribution >= 4 is 5.97 Å². The largest absolute Gasteiger partial charge is 0.481 e. The van der Waals surface area contributed by atoms with E-state index < -0.39 is 23.1 Å². The predicted octanol–water partition coefficient (Wildman–Crippen LogP) is 3.54. The molecule has 2 saturated carbocycles. The average molecular weight is 336 g/mol. The molecular formula is C20H32O4. The Morgan fingerprint density at radius 3 is 2.58 bits per heavy atom.